The number of carbonyl (C=O) groups is 1. The summed E-state index contributed by atoms with van der Waals surface area (Å²) in [5.74, 6) is 1.34. The van der Waals surface area contributed by atoms with Crippen molar-refractivity contribution in [3.8, 4) is 0 Å². The van der Waals surface area contributed by atoms with Gasteiger partial charge in [-0.1, -0.05) is 0 Å². The monoisotopic (exact) mass is 459 g/mol. The molecule has 3 heterocycles. The number of rotatable bonds is 7. The second-order valence-electron chi connectivity index (χ2n) is 7.33. The Morgan fingerprint density at radius 2 is 2.00 bits per heavy atom. The molecule has 0 aliphatic carbocycles. The van der Waals surface area contributed by atoms with E-state index in [1.165, 1.54) is 10.4 Å². The average Bonchev–Trinajstić information content (AvgIpc) is 3.38. The lowest BCUT2D eigenvalue weighted by Crippen LogP contribution is -2.40. The SMILES string of the molecule is CCn1c(COC(=O)/C=C/c2ccc(C)o2)nc2cc(S(=O)(=O)N3CCOCC3)ccc21. The summed E-state index contributed by atoms with van der Waals surface area (Å²) in [5.41, 5.74) is 1.31. The van der Waals surface area contributed by atoms with E-state index in [0.29, 0.717) is 49.9 Å². The standard InChI is InChI=1S/C22H25N3O6S/c1-3-25-20-8-7-18(32(27,28)24-10-12-29-13-11-24)14-19(20)23-21(25)15-30-22(26)9-6-17-5-4-16(2)31-17/h4-9,14H,3,10-13,15H2,1-2H3/b9-6+. The number of esters is 1. The van der Waals surface area contributed by atoms with Gasteiger partial charge < -0.3 is 18.5 Å². The summed E-state index contributed by atoms with van der Waals surface area (Å²) in [6, 6.07) is 8.46. The van der Waals surface area contributed by atoms with E-state index in [1.54, 1.807) is 30.3 Å². The van der Waals surface area contributed by atoms with Crippen LogP contribution in [0, 0.1) is 6.92 Å². The lowest BCUT2D eigenvalue weighted by atomic mass is 10.3. The Kier molecular flexibility index (Phi) is 6.45. The first-order chi connectivity index (χ1) is 15.4. The molecule has 0 atom stereocenters. The van der Waals surface area contributed by atoms with Gasteiger partial charge in [-0.15, -0.1) is 0 Å². The highest BCUT2D eigenvalue weighted by atomic mass is 32.2. The Bertz CT molecular complexity index is 1250. The number of nitrogens with zero attached hydrogens (tertiary/aromatic N) is 3. The van der Waals surface area contributed by atoms with Crippen molar-refractivity contribution < 1.29 is 27.1 Å². The number of carbonyl (C=O) groups excluding carboxylic acids is 1. The summed E-state index contributed by atoms with van der Waals surface area (Å²) in [6.45, 7) is 5.76. The highest BCUT2D eigenvalue weighted by Gasteiger charge is 2.27. The first-order valence-corrected chi connectivity index (χ1v) is 11.8. The van der Waals surface area contributed by atoms with Crippen LogP contribution in [0.2, 0.25) is 0 Å². The molecule has 1 aliphatic rings. The molecule has 3 aromatic rings. The molecule has 1 aliphatic heterocycles. The highest BCUT2D eigenvalue weighted by molar-refractivity contribution is 7.89. The third kappa shape index (κ3) is 4.62. The fourth-order valence-electron chi connectivity index (χ4n) is 3.60. The molecule has 170 valence electrons. The Morgan fingerprint density at radius 3 is 2.69 bits per heavy atom. The van der Waals surface area contributed by atoms with Crippen LogP contribution in [0.4, 0.5) is 0 Å². The zero-order valence-electron chi connectivity index (χ0n) is 18.0. The van der Waals surface area contributed by atoms with E-state index in [9.17, 15) is 13.2 Å². The van der Waals surface area contributed by atoms with E-state index in [-0.39, 0.29) is 11.5 Å². The van der Waals surface area contributed by atoms with Gasteiger partial charge in [-0.05, 0) is 50.3 Å². The van der Waals surface area contributed by atoms with Crippen molar-refractivity contribution in [1.29, 1.82) is 0 Å². The summed E-state index contributed by atoms with van der Waals surface area (Å²) in [5, 5.41) is 0. The molecule has 2 aromatic heterocycles. The molecule has 0 unspecified atom stereocenters. The van der Waals surface area contributed by atoms with Gasteiger partial charge in [0.1, 0.15) is 24.0 Å². The molecule has 1 fully saturated rings. The number of fused-ring (bicyclic) bond motifs is 1. The number of hydrogen-bond donors (Lipinski definition) is 0. The van der Waals surface area contributed by atoms with E-state index < -0.39 is 16.0 Å². The van der Waals surface area contributed by atoms with Gasteiger partial charge in [0, 0.05) is 25.7 Å². The molecule has 10 heteroatoms. The van der Waals surface area contributed by atoms with E-state index >= 15 is 0 Å². The first kappa shape index (κ1) is 22.3. The maximum absolute atomic E-state index is 12.9. The molecule has 0 saturated carbocycles. The van der Waals surface area contributed by atoms with Crippen LogP contribution in [-0.4, -0.2) is 54.5 Å². The third-order valence-corrected chi connectivity index (χ3v) is 7.11. The maximum Gasteiger partial charge on any atom is 0.331 e. The zero-order chi connectivity index (χ0) is 22.7. The van der Waals surface area contributed by atoms with E-state index in [1.807, 2.05) is 24.5 Å². The number of sulfonamides is 1. The predicted octanol–water partition coefficient (Wildman–Crippen LogP) is 2.74. The smallest absolute Gasteiger partial charge is 0.331 e. The van der Waals surface area contributed by atoms with Crippen molar-refractivity contribution in [2.24, 2.45) is 0 Å². The Morgan fingerprint density at radius 1 is 1.22 bits per heavy atom. The molecule has 0 N–H and O–H groups in total. The number of ether oxygens (including phenoxy) is 2. The molecule has 0 amide bonds. The highest BCUT2D eigenvalue weighted by Crippen LogP contribution is 2.24. The number of benzene rings is 1. The molecular weight excluding hydrogens is 434 g/mol. The van der Waals surface area contributed by atoms with E-state index in [4.69, 9.17) is 13.9 Å². The minimum Gasteiger partial charge on any atom is -0.462 e. The molecular formula is C22H25N3O6S. The summed E-state index contributed by atoms with van der Waals surface area (Å²) >= 11 is 0. The van der Waals surface area contributed by atoms with Crippen molar-refractivity contribution in [2.75, 3.05) is 26.3 Å². The average molecular weight is 460 g/mol. The zero-order valence-corrected chi connectivity index (χ0v) is 18.8. The van der Waals surface area contributed by atoms with Gasteiger partial charge in [-0.25, -0.2) is 18.2 Å². The Balaban J connectivity index is 1.52. The first-order valence-electron chi connectivity index (χ1n) is 10.4. The number of hydrogen-bond acceptors (Lipinski definition) is 7. The minimum absolute atomic E-state index is 0.0333. The lowest BCUT2D eigenvalue weighted by molar-refractivity contribution is -0.139. The summed E-state index contributed by atoms with van der Waals surface area (Å²) in [7, 11) is -3.62. The van der Waals surface area contributed by atoms with Crippen molar-refractivity contribution in [2.45, 2.75) is 31.9 Å². The maximum atomic E-state index is 12.9. The topological polar surface area (TPSA) is 104 Å². The van der Waals surface area contributed by atoms with Crippen molar-refractivity contribution in [3.05, 3.63) is 53.8 Å². The van der Waals surface area contributed by atoms with Crippen LogP contribution in [0.15, 0.2) is 45.7 Å². The van der Waals surface area contributed by atoms with Crippen molar-refractivity contribution >= 4 is 33.1 Å². The lowest BCUT2D eigenvalue weighted by Gasteiger charge is -2.26. The van der Waals surface area contributed by atoms with Gasteiger partial charge in [-0.3, -0.25) is 0 Å². The van der Waals surface area contributed by atoms with E-state index in [2.05, 4.69) is 4.98 Å². The van der Waals surface area contributed by atoms with Crippen LogP contribution in [0.25, 0.3) is 17.1 Å². The summed E-state index contributed by atoms with van der Waals surface area (Å²) in [4.78, 5) is 16.8. The third-order valence-electron chi connectivity index (χ3n) is 5.21. The van der Waals surface area contributed by atoms with Crippen molar-refractivity contribution in [3.63, 3.8) is 0 Å². The molecule has 1 aromatic carbocycles. The molecule has 4 rings (SSSR count). The number of aryl methyl sites for hydroxylation is 2. The van der Waals surface area contributed by atoms with Gasteiger partial charge in [-0.2, -0.15) is 4.31 Å². The molecule has 0 spiro atoms. The van der Waals surface area contributed by atoms with Gasteiger partial charge >= 0.3 is 5.97 Å². The van der Waals surface area contributed by atoms with Crippen LogP contribution < -0.4 is 0 Å². The fraction of sp³-hybridized carbons (Fsp3) is 0.364. The summed E-state index contributed by atoms with van der Waals surface area (Å²) < 4.78 is 45.2. The predicted molar refractivity (Wildman–Crippen MR) is 117 cm³/mol. The van der Waals surface area contributed by atoms with Crippen LogP contribution in [-0.2, 0) is 37.4 Å². The van der Waals surface area contributed by atoms with Crippen LogP contribution in [0.5, 0.6) is 0 Å². The Labute approximate surface area is 186 Å². The van der Waals surface area contributed by atoms with Crippen LogP contribution >= 0.6 is 0 Å². The number of imidazole rings is 1. The second kappa shape index (κ2) is 9.27. The molecule has 9 nitrogen and oxygen atoms in total. The molecule has 0 bridgehead atoms. The minimum atomic E-state index is -3.62. The second-order valence-corrected chi connectivity index (χ2v) is 9.27. The van der Waals surface area contributed by atoms with Crippen molar-refractivity contribution in [1.82, 2.24) is 13.9 Å². The largest absolute Gasteiger partial charge is 0.462 e. The normalized spacial score (nSPS) is 15.6. The van der Waals surface area contributed by atoms with Crippen LogP contribution in [0.3, 0.4) is 0 Å². The number of morpholine rings is 1. The number of aromatic nitrogens is 2. The molecule has 1 saturated heterocycles. The molecule has 0 radical (unpaired) electrons. The van der Waals surface area contributed by atoms with Crippen LogP contribution in [0.1, 0.15) is 24.3 Å². The van der Waals surface area contributed by atoms with Gasteiger partial charge in [0.15, 0.2) is 0 Å². The van der Waals surface area contributed by atoms with Gasteiger partial charge in [0.2, 0.25) is 10.0 Å². The van der Waals surface area contributed by atoms with Gasteiger partial charge in [0.05, 0.1) is 29.1 Å². The van der Waals surface area contributed by atoms with E-state index in [0.717, 1.165) is 11.3 Å². The molecule has 32 heavy (non-hydrogen) atoms. The van der Waals surface area contributed by atoms with Gasteiger partial charge in [0.25, 0.3) is 0 Å². The Hall–Kier alpha value is -2.95. The summed E-state index contributed by atoms with van der Waals surface area (Å²) in [6.07, 6.45) is 2.84. The quantitative estimate of drug-likeness (QED) is 0.395. The number of furan rings is 1. The fourth-order valence-corrected chi connectivity index (χ4v) is 5.02.